The summed E-state index contributed by atoms with van der Waals surface area (Å²) in [4.78, 5) is 43.2. The third kappa shape index (κ3) is 7.06. The van der Waals surface area contributed by atoms with Gasteiger partial charge in [-0.05, 0) is 60.5 Å². The molecule has 0 saturated heterocycles. The number of carbonyl (C=O) groups is 2. The zero-order valence-corrected chi connectivity index (χ0v) is 23.7. The molecule has 10 heteroatoms. The van der Waals surface area contributed by atoms with Crippen LogP contribution in [0.2, 0.25) is 0 Å². The van der Waals surface area contributed by atoms with Gasteiger partial charge < -0.3 is 29.8 Å². The third-order valence-corrected chi connectivity index (χ3v) is 6.73. The van der Waals surface area contributed by atoms with Crippen molar-refractivity contribution in [2.75, 3.05) is 31.4 Å². The Hall–Kier alpha value is -5.48. The normalized spacial score (nSPS) is 10.7. The minimum absolute atomic E-state index is 0.123. The van der Waals surface area contributed by atoms with E-state index in [0.717, 1.165) is 36.7 Å². The van der Waals surface area contributed by atoms with Crippen molar-refractivity contribution < 1.29 is 23.5 Å². The smallest absolute Gasteiger partial charge is 0.291 e. The number of rotatable bonds is 11. The molecule has 2 heterocycles. The third-order valence-electron chi connectivity index (χ3n) is 6.73. The maximum absolute atomic E-state index is 13.4. The first-order chi connectivity index (χ1) is 20.9. The van der Waals surface area contributed by atoms with Crippen molar-refractivity contribution in [2.24, 2.45) is 0 Å². The van der Waals surface area contributed by atoms with Crippen molar-refractivity contribution in [3.05, 3.63) is 124 Å². The second-order valence-electron chi connectivity index (χ2n) is 9.62. The average molecular weight is 579 g/mol. The van der Waals surface area contributed by atoms with Gasteiger partial charge in [0.2, 0.25) is 0 Å². The summed E-state index contributed by atoms with van der Waals surface area (Å²) in [5.41, 5.74) is 2.98. The van der Waals surface area contributed by atoms with E-state index in [9.17, 15) is 14.4 Å². The van der Waals surface area contributed by atoms with Crippen LogP contribution in [0.1, 0.15) is 32.0 Å². The number of nitrogens with zero attached hydrogens (tertiary/aromatic N) is 1. The lowest BCUT2D eigenvalue weighted by Crippen LogP contribution is -2.20. The number of aromatic nitrogens is 1. The molecule has 3 aromatic carbocycles. The number of ether oxygens (including phenoxy) is 2. The van der Waals surface area contributed by atoms with Crippen LogP contribution in [0.15, 0.2) is 100 Å². The number of methoxy groups -OCH3 is 2. The summed E-state index contributed by atoms with van der Waals surface area (Å²) in [5.74, 6) is -0.782. The van der Waals surface area contributed by atoms with Crippen molar-refractivity contribution in [1.82, 2.24) is 10.3 Å². The number of hydrogen-bond donors (Lipinski definition) is 3. The summed E-state index contributed by atoms with van der Waals surface area (Å²) in [7, 11) is 2.90. The van der Waals surface area contributed by atoms with E-state index >= 15 is 0 Å². The van der Waals surface area contributed by atoms with Crippen molar-refractivity contribution in [3.63, 3.8) is 0 Å². The quantitative estimate of drug-likeness (QED) is 0.186. The van der Waals surface area contributed by atoms with E-state index in [1.54, 1.807) is 30.5 Å². The monoisotopic (exact) mass is 578 g/mol. The zero-order chi connectivity index (χ0) is 30.2. The maximum Gasteiger partial charge on any atom is 0.291 e. The fraction of sp³-hybridized carbons (Fsp3) is 0.152. The van der Waals surface area contributed by atoms with Crippen molar-refractivity contribution >= 4 is 34.2 Å². The highest BCUT2D eigenvalue weighted by molar-refractivity contribution is 6.12. The van der Waals surface area contributed by atoms with Crippen molar-refractivity contribution in [1.29, 1.82) is 0 Å². The Morgan fingerprint density at radius 3 is 2.35 bits per heavy atom. The number of anilines is 2. The maximum atomic E-state index is 13.4. The Morgan fingerprint density at radius 2 is 1.60 bits per heavy atom. The number of benzene rings is 3. The molecule has 0 atom stereocenters. The highest BCUT2D eigenvalue weighted by Crippen LogP contribution is 2.34. The van der Waals surface area contributed by atoms with Crippen molar-refractivity contribution in [3.8, 4) is 11.5 Å². The van der Waals surface area contributed by atoms with Gasteiger partial charge in [-0.2, -0.15) is 0 Å². The van der Waals surface area contributed by atoms with Gasteiger partial charge in [-0.3, -0.25) is 19.4 Å². The molecule has 0 fully saturated rings. The van der Waals surface area contributed by atoms with Gasteiger partial charge in [-0.15, -0.1) is 0 Å². The van der Waals surface area contributed by atoms with Crippen LogP contribution in [0.3, 0.4) is 0 Å². The summed E-state index contributed by atoms with van der Waals surface area (Å²) >= 11 is 0. The van der Waals surface area contributed by atoms with Crippen LogP contribution in [0.25, 0.3) is 11.0 Å². The molecule has 10 nitrogen and oxygen atoms in total. The van der Waals surface area contributed by atoms with Crippen LogP contribution in [-0.4, -0.2) is 37.6 Å². The fourth-order valence-corrected chi connectivity index (χ4v) is 4.49. The second-order valence-corrected chi connectivity index (χ2v) is 9.62. The van der Waals surface area contributed by atoms with Gasteiger partial charge in [-0.25, -0.2) is 0 Å². The van der Waals surface area contributed by atoms with E-state index in [1.165, 1.54) is 26.4 Å². The van der Waals surface area contributed by atoms with Gasteiger partial charge in [-0.1, -0.05) is 30.3 Å². The Balaban J connectivity index is 1.30. The number of amides is 2. The molecule has 0 unspecified atom stereocenters. The fourth-order valence-electron chi connectivity index (χ4n) is 4.49. The lowest BCUT2D eigenvalue weighted by molar-refractivity contribution is 0.0997. The molecule has 2 aromatic heterocycles. The molecule has 0 spiro atoms. The summed E-state index contributed by atoms with van der Waals surface area (Å²) in [6.45, 7) is 1.52. The molecule has 3 N–H and O–H groups in total. The van der Waals surface area contributed by atoms with E-state index in [4.69, 9.17) is 13.9 Å². The van der Waals surface area contributed by atoms with E-state index in [-0.39, 0.29) is 28.0 Å². The molecule has 0 saturated carbocycles. The number of fused-ring (bicyclic) bond motifs is 1. The summed E-state index contributed by atoms with van der Waals surface area (Å²) in [6, 6.07) is 22.2. The lowest BCUT2D eigenvalue weighted by atomic mass is 10.1. The number of para-hydroxylation sites is 1. The standard InChI is InChI=1S/C33H30N4O6/c1-41-29-16-25(32(39)36-23-11-9-21(10-12-23)13-15-35-20-22-6-5-14-34-19-22)26(17-30(29)42-2)37-33(40)31-18-27(38)24-7-3-4-8-28(24)43-31/h3-12,14,16-19,35H,13,15,20H2,1-2H3,(H,36,39)(H,37,40). The molecule has 0 aliphatic rings. The predicted octanol–water partition coefficient (Wildman–Crippen LogP) is 5.04. The highest BCUT2D eigenvalue weighted by atomic mass is 16.5. The molecule has 5 aromatic rings. The SMILES string of the molecule is COc1cc(NC(=O)c2cc(=O)c3ccccc3o2)c(C(=O)Nc2ccc(CCNCc3cccnc3)cc2)cc1OC. The zero-order valence-electron chi connectivity index (χ0n) is 23.7. The predicted molar refractivity (Wildman–Crippen MR) is 164 cm³/mol. The van der Waals surface area contributed by atoms with Crippen LogP contribution in [0, 0.1) is 0 Å². The Labute approximate surface area is 247 Å². The van der Waals surface area contributed by atoms with Crippen LogP contribution in [0.5, 0.6) is 11.5 Å². The van der Waals surface area contributed by atoms with E-state index in [1.807, 2.05) is 42.6 Å². The molecule has 2 amide bonds. The Morgan fingerprint density at radius 1 is 0.837 bits per heavy atom. The molecule has 218 valence electrons. The van der Waals surface area contributed by atoms with Gasteiger partial charge in [0.15, 0.2) is 22.7 Å². The molecular weight excluding hydrogens is 548 g/mol. The van der Waals surface area contributed by atoms with E-state index in [0.29, 0.717) is 22.6 Å². The largest absolute Gasteiger partial charge is 0.493 e. The lowest BCUT2D eigenvalue weighted by Gasteiger charge is -2.16. The van der Waals surface area contributed by atoms with Gasteiger partial charge >= 0.3 is 0 Å². The van der Waals surface area contributed by atoms with Crippen LogP contribution in [0.4, 0.5) is 11.4 Å². The number of pyridine rings is 1. The van der Waals surface area contributed by atoms with E-state index in [2.05, 4.69) is 20.9 Å². The second kappa shape index (κ2) is 13.5. The summed E-state index contributed by atoms with van der Waals surface area (Å²) < 4.78 is 16.4. The first-order valence-electron chi connectivity index (χ1n) is 13.6. The highest BCUT2D eigenvalue weighted by Gasteiger charge is 2.21. The summed E-state index contributed by atoms with van der Waals surface area (Å²) in [5, 5.41) is 9.30. The first kappa shape index (κ1) is 29.0. The van der Waals surface area contributed by atoms with Gasteiger partial charge in [0.1, 0.15) is 5.58 Å². The van der Waals surface area contributed by atoms with Crippen molar-refractivity contribution in [2.45, 2.75) is 13.0 Å². The minimum Gasteiger partial charge on any atom is -0.493 e. The van der Waals surface area contributed by atoms with Gasteiger partial charge in [0.05, 0.1) is 30.9 Å². The number of carbonyl (C=O) groups excluding carboxylic acids is 2. The molecular formula is C33H30N4O6. The number of hydrogen-bond acceptors (Lipinski definition) is 8. The molecule has 0 aliphatic carbocycles. The topological polar surface area (TPSA) is 132 Å². The molecule has 0 radical (unpaired) electrons. The van der Waals surface area contributed by atoms with Gasteiger partial charge in [0.25, 0.3) is 11.8 Å². The van der Waals surface area contributed by atoms with E-state index < -0.39 is 11.8 Å². The number of nitrogens with one attached hydrogen (secondary N) is 3. The average Bonchev–Trinajstić information content (AvgIpc) is 3.04. The van der Waals surface area contributed by atoms with Crippen LogP contribution < -0.4 is 30.9 Å². The Bertz CT molecular complexity index is 1800. The Kier molecular flexibility index (Phi) is 9.08. The summed E-state index contributed by atoms with van der Waals surface area (Å²) in [6.07, 6.45) is 4.39. The molecule has 43 heavy (non-hydrogen) atoms. The van der Waals surface area contributed by atoms with Crippen LogP contribution in [-0.2, 0) is 13.0 Å². The first-order valence-corrected chi connectivity index (χ1v) is 13.6. The van der Waals surface area contributed by atoms with Gasteiger partial charge in [0, 0.05) is 36.8 Å². The molecule has 0 bridgehead atoms. The molecule has 5 rings (SSSR count). The molecule has 0 aliphatic heterocycles. The van der Waals surface area contributed by atoms with Crippen LogP contribution >= 0.6 is 0 Å². The minimum atomic E-state index is -0.703.